The number of unbranched alkanes of at least 4 members (excludes halogenated alkanes) is 1. The van der Waals surface area contributed by atoms with Gasteiger partial charge in [-0.05, 0) is 51.9 Å². The third-order valence-corrected chi connectivity index (χ3v) is 4.35. The van der Waals surface area contributed by atoms with E-state index in [0.717, 1.165) is 50.0 Å². The Labute approximate surface area is 126 Å². The molecule has 112 valence electrons. The zero-order valence-electron chi connectivity index (χ0n) is 12.6. The van der Waals surface area contributed by atoms with Crippen molar-refractivity contribution in [1.82, 2.24) is 15.6 Å². The Kier molecular flexibility index (Phi) is 6.30. The van der Waals surface area contributed by atoms with E-state index in [1.807, 2.05) is 0 Å². The predicted molar refractivity (Wildman–Crippen MR) is 86.5 cm³/mol. The van der Waals surface area contributed by atoms with Gasteiger partial charge in [0.2, 0.25) is 0 Å². The van der Waals surface area contributed by atoms with E-state index in [-0.39, 0.29) is 0 Å². The number of aliphatic imine (C=N–C) groups is 1. The van der Waals surface area contributed by atoms with Crippen LogP contribution in [0.3, 0.4) is 0 Å². The second-order valence-corrected chi connectivity index (χ2v) is 6.37. The molecule has 1 aliphatic rings. The minimum atomic E-state index is 0.846. The van der Waals surface area contributed by atoms with E-state index >= 15 is 0 Å². The molecule has 0 spiro atoms. The molecule has 0 bridgehead atoms. The van der Waals surface area contributed by atoms with Crippen LogP contribution in [0.15, 0.2) is 10.4 Å². The van der Waals surface area contributed by atoms with Crippen LogP contribution in [0, 0.1) is 12.8 Å². The summed E-state index contributed by atoms with van der Waals surface area (Å²) in [4.78, 5) is 9.11. The number of rotatable bonds is 8. The zero-order chi connectivity index (χ0) is 14.2. The Bertz CT molecular complexity index is 423. The number of nitrogens with one attached hydrogen (secondary N) is 2. The summed E-state index contributed by atoms with van der Waals surface area (Å²) in [6.45, 7) is 7.06. The van der Waals surface area contributed by atoms with Gasteiger partial charge in [-0.2, -0.15) is 0 Å². The van der Waals surface area contributed by atoms with E-state index in [1.165, 1.54) is 24.3 Å². The van der Waals surface area contributed by atoms with Crippen molar-refractivity contribution >= 4 is 17.3 Å². The summed E-state index contributed by atoms with van der Waals surface area (Å²) >= 11 is 1.77. The van der Waals surface area contributed by atoms with Gasteiger partial charge in [-0.25, -0.2) is 4.98 Å². The first kappa shape index (κ1) is 15.3. The molecule has 0 unspecified atom stereocenters. The highest BCUT2D eigenvalue weighted by molar-refractivity contribution is 7.09. The van der Waals surface area contributed by atoms with Crippen molar-refractivity contribution < 1.29 is 0 Å². The monoisotopic (exact) mass is 294 g/mol. The molecule has 2 N–H and O–H groups in total. The molecule has 0 amide bonds. The van der Waals surface area contributed by atoms with Crippen molar-refractivity contribution in [3.05, 3.63) is 16.1 Å². The van der Waals surface area contributed by atoms with Gasteiger partial charge in [-0.15, -0.1) is 11.3 Å². The second kappa shape index (κ2) is 8.25. The van der Waals surface area contributed by atoms with Crippen LogP contribution in [-0.4, -0.2) is 30.6 Å². The van der Waals surface area contributed by atoms with E-state index in [9.17, 15) is 0 Å². The fourth-order valence-corrected chi connectivity index (χ4v) is 2.81. The van der Waals surface area contributed by atoms with E-state index in [1.54, 1.807) is 11.3 Å². The molecular formula is C15H26N4S. The normalized spacial score (nSPS) is 15.4. The van der Waals surface area contributed by atoms with Crippen LogP contribution >= 0.6 is 11.3 Å². The van der Waals surface area contributed by atoms with Gasteiger partial charge in [-0.3, -0.25) is 4.99 Å². The average molecular weight is 294 g/mol. The van der Waals surface area contributed by atoms with Gasteiger partial charge in [0.25, 0.3) is 0 Å². The van der Waals surface area contributed by atoms with E-state index < -0.39 is 0 Å². The highest BCUT2D eigenvalue weighted by Gasteiger charge is 2.20. The quantitative estimate of drug-likeness (QED) is 0.440. The van der Waals surface area contributed by atoms with Gasteiger partial charge in [0, 0.05) is 30.7 Å². The lowest BCUT2D eigenvalue weighted by molar-refractivity contribution is 0.690. The maximum Gasteiger partial charge on any atom is 0.191 e. The molecular weight excluding hydrogens is 268 g/mol. The molecule has 5 heteroatoms. The van der Waals surface area contributed by atoms with Gasteiger partial charge >= 0.3 is 0 Å². The summed E-state index contributed by atoms with van der Waals surface area (Å²) in [7, 11) is 0. The number of guanidine groups is 1. The van der Waals surface area contributed by atoms with Crippen molar-refractivity contribution in [3.8, 4) is 0 Å². The average Bonchev–Trinajstić information content (AvgIpc) is 3.17. The molecule has 0 saturated heterocycles. The van der Waals surface area contributed by atoms with Crippen LogP contribution in [-0.2, 0) is 6.42 Å². The Balaban J connectivity index is 1.58. The molecule has 1 aromatic heterocycles. The van der Waals surface area contributed by atoms with Crippen LogP contribution in [0.1, 0.15) is 43.3 Å². The summed E-state index contributed by atoms with van der Waals surface area (Å²) in [5.41, 5.74) is 1.14. The lowest BCUT2D eigenvalue weighted by Gasteiger charge is -2.10. The SMILES string of the molecule is CCNC(=NCC1CC1)NCCCCc1nc(C)cs1. The first-order valence-electron chi connectivity index (χ1n) is 7.71. The third-order valence-electron chi connectivity index (χ3n) is 3.33. The van der Waals surface area contributed by atoms with Crippen molar-refractivity contribution in [2.75, 3.05) is 19.6 Å². The molecule has 1 saturated carbocycles. The van der Waals surface area contributed by atoms with Gasteiger partial charge < -0.3 is 10.6 Å². The minimum Gasteiger partial charge on any atom is -0.357 e. The lowest BCUT2D eigenvalue weighted by atomic mass is 10.2. The molecule has 0 radical (unpaired) electrons. The van der Waals surface area contributed by atoms with E-state index in [0.29, 0.717) is 0 Å². The van der Waals surface area contributed by atoms with Crippen molar-refractivity contribution in [1.29, 1.82) is 0 Å². The molecule has 1 heterocycles. The number of hydrogen-bond acceptors (Lipinski definition) is 3. The number of thiazole rings is 1. The lowest BCUT2D eigenvalue weighted by Crippen LogP contribution is -2.38. The van der Waals surface area contributed by atoms with Crippen LogP contribution in [0.4, 0.5) is 0 Å². The van der Waals surface area contributed by atoms with Crippen molar-refractivity contribution in [2.45, 2.75) is 46.0 Å². The van der Waals surface area contributed by atoms with Gasteiger partial charge in [0.05, 0.1) is 5.01 Å². The topological polar surface area (TPSA) is 49.3 Å². The first-order valence-corrected chi connectivity index (χ1v) is 8.59. The third kappa shape index (κ3) is 5.90. The van der Waals surface area contributed by atoms with Gasteiger partial charge in [0.1, 0.15) is 0 Å². The summed E-state index contributed by atoms with van der Waals surface area (Å²) in [6.07, 6.45) is 6.15. The molecule has 0 aliphatic heterocycles. The van der Waals surface area contributed by atoms with Crippen molar-refractivity contribution in [3.63, 3.8) is 0 Å². The highest BCUT2D eigenvalue weighted by Crippen LogP contribution is 2.28. The molecule has 2 rings (SSSR count). The fourth-order valence-electron chi connectivity index (χ4n) is 1.99. The van der Waals surface area contributed by atoms with Crippen LogP contribution in [0.25, 0.3) is 0 Å². The molecule has 1 aliphatic carbocycles. The second-order valence-electron chi connectivity index (χ2n) is 5.43. The summed E-state index contributed by atoms with van der Waals surface area (Å²) in [6, 6.07) is 0. The molecule has 0 atom stereocenters. The number of aryl methyl sites for hydroxylation is 2. The summed E-state index contributed by atoms with van der Waals surface area (Å²) < 4.78 is 0. The maximum absolute atomic E-state index is 4.62. The van der Waals surface area contributed by atoms with Crippen LogP contribution < -0.4 is 10.6 Å². The molecule has 20 heavy (non-hydrogen) atoms. The maximum atomic E-state index is 4.62. The molecule has 0 aromatic carbocycles. The Morgan fingerprint density at radius 2 is 2.25 bits per heavy atom. The number of aromatic nitrogens is 1. The van der Waals surface area contributed by atoms with E-state index in [2.05, 4.69) is 39.8 Å². The van der Waals surface area contributed by atoms with Crippen LogP contribution in [0.5, 0.6) is 0 Å². The van der Waals surface area contributed by atoms with Gasteiger partial charge in [-0.1, -0.05) is 0 Å². The van der Waals surface area contributed by atoms with Crippen LogP contribution in [0.2, 0.25) is 0 Å². The number of nitrogens with zero attached hydrogens (tertiary/aromatic N) is 2. The molecule has 1 fully saturated rings. The smallest absolute Gasteiger partial charge is 0.191 e. The molecule has 1 aromatic rings. The predicted octanol–water partition coefficient (Wildman–Crippen LogP) is 2.74. The zero-order valence-corrected chi connectivity index (χ0v) is 13.4. The highest BCUT2D eigenvalue weighted by atomic mass is 32.1. The van der Waals surface area contributed by atoms with E-state index in [4.69, 9.17) is 0 Å². The van der Waals surface area contributed by atoms with Gasteiger partial charge in [0.15, 0.2) is 5.96 Å². The Hall–Kier alpha value is -1.10. The Morgan fingerprint density at radius 3 is 2.90 bits per heavy atom. The number of hydrogen-bond donors (Lipinski definition) is 2. The molecule has 4 nitrogen and oxygen atoms in total. The van der Waals surface area contributed by atoms with Crippen molar-refractivity contribution in [2.24, 2.45) is 10.9 Å². The minimum absolute atomic E-state index is 0.846. The summed E-state index contributed by atoms with van der Waals surface area (Å²) in [5.74, 6) is 1.82. The summed E-state index contributed by atoms with van der Waals surface area (Å²) in [5, 5.41) is 10.1. The standard InChI is InChI=1S/C15H26N4S/c1-3-16-15(18-10-13-7-8-13)17-9-5-4-6-14-19-12(2)11-20-14/h11,13H,3-10H2,1-2H3,(H2,16,17,18). The fraction of sp³-hybridized carbons (Fsp3) is 0.733. The first-order chi connectivity index (χ1) is 9.78. The largest absolute Gasteiger partial charge is 0.357 e. The Morgan fingerprint density at radius 1 is 1.40 bits per heavy atom.